The summed E-state index contributed by atoms with van der Waals surface area (Å²) in [6, 6.07) is 26.0. The molecule has 0 aromatic heterocycles. The van der Waals surface area contributed by atoms with Crippen LogP contribution in [0.1, 0.15) is 119 Å². The standard InChI is InChI=1S/2C12H12.2C5H9N2.4C2H6.2W/c1-9-3-5-12-8-10(2)4-6-11(12)7-9;1-9-5-3-8-12-10(2)6-4-7-11(9)12;2*1-4-6-7-5(2)3;4*1-2;;/h2*3-8H,1-2H3;2*1-3H3;4*1-2H3;;/q;;2*-1;;;;;;. The van der Waals surface area contributed by atoms with E-state index < -0.39 is 0 Å². The van der Waals surface area contributed by atoms with Crippen LogP contribution in [0.4, 0.5) is 0 Å². The first-order valence-corrected chi connectivity index (χ1v) is 16.8. The number of rotatable bonds is 2. The predicted molar refractivity (Wildman–Crippen MR) is 216 cm³/mol. The van der Waals surface area contributed by atoms with Gasteiger partial charge in [0.15, 0.2) is 0 Å². The third kappa shape index (κ3) is 29.6. The molecule has 4 nitrogen and oxygen atoms in total. The van der Waals surface area contributed by atoms with Crippen LogP contribution in [0.15, 0.2) is 93.2 Å². The fraction of sp³-hybridized carbons (Fsp3) is 0.429. The molecule has 0 fully saturated rings. The quantitative estimate of drug-likeness (QED) is 0.109. The molecule has 0 heterocycles. The van der Waals surface area contributed by atoms with Crippen molar-refractivity contribution in [1.82, 2.24) is 0 Å². The molecule has 0 bridgehead atoms. The van der Waals surface area contributed by atoms with Crippen LogP contribution >= 0.6 is 0 Å². The molecule has 0 radical (unpaired) electrons. The summed E-state index contributed by atoms with van der Waals surface area (Å²) >= 11 is 0. The van der Waals surface area contributed by atoms with Crippen LogP contribution in [-0.2, 0) is 42.1 Å². The van der Waals surface area contributed by atoms with Crippen molar-refractivity contribution < 1.29 is 42.1 Å². The Labute approximate surface area is 325 Å². The second kappa shape index (κ2) is 40.6. The van der Waals surface area contributed by atoms with E-state index in [1.807, 2.05) is 83.1 Å². The van der Waals surface area contributed by atoms with Gasteiger partial charge in [0.05, 0.1) is 0 Å². The molecule has 0 saturated carbocycles. The fourth-order valence-electron chi connectivity index (χ4n) is 3.41. The summed E-state index contributed by atoms with van der Waals surface area (Å²) in [5, 5.41) is 19.8. The molecule has 4 aromatic carbocycles. The molecular formula is C42H66N4W2-2. The van der Waals surface area contributed by atoms with E-state index >= 15 is 0 Å². The molecule has 4 aromatic rings. The number of nitrogens with zero attached hydrogens (tertiary/aromatic N) is 4. The average Bonchev–Trinajstić information content (AvgIpc) is 3.08. The molecule has 0 aliphatic carbocycles. The Balaban J connectivity index is -0.000000116. The van der Waals surface area contributed by atoms with Crippen molar-refractivity contribution in [3.63, 3.8) is 0 Å². The van der Waals surface area contributed by atoms with Crippen LogP contribution < -0.4 is 0 Å². The molecule has 48 heavy (non-hydrogen) atoms. The number of hydrogen-bond donors (Lipinski definition) is 0. The maximum absolute atomic E-state index is 3.67. The van der Waals surface area contributed by atoms with Crippen LogP contribution in [0.5, 0.6) is 0 Å². The van der Waals surface area contributed by atoms with Crippen molar-refractivity contribution >= 4 is 45.4 Å². The van der Waals surface area contributed by atoms with E-state index in [2.05, 4.69) is 133 Å². The van der Waals surface area contributed by atoms with E-state index in [4.69, 9.17) is 0 Å². The normalized spacial score (nSPS) is 8.54. The Hall–Kier alpha value is -2.54. The number of hydrogen-bond acceptors (Lipinski definition) is 4. The van der Waals surface area contributed by atoms with Crippen LogP contribution in [0.3, 0.4) is 0 Å². The molecule has 0 N–H and O–H groups in total. The first kappa shape index (κ1) is 57.7. The van der Waals surface area contributed by atoms with E-state index in [9.17, 15) is 0 Å². The summed E-state index contributed by atoms with van der Waals surface area (Å²) in [6.45, 7) is 35.5. The zero-order valence-corrected chi connectivity index (χ0v) is 39.4. The van der Waals surface area contributed by atoms with E-state index in [1.54, 1.807) is 13.8 Å². The zero-order valence-electron chi connectivity index (χ0n) is 33.5. The van der Waals surface area contributed by atoms with Gasteiger partial charge >= 0.3 is 0 Å². The van der Waals surface area contributed by atoms with Gasteiger partial charge in [-0.05, 0) is 88.1 Å². The summed E-state index contributed by atoms with van der Waals surface area (Å²) in [7, 11) is 0. The third-order valence-corrected chi connectivity index (χ3v) is 5.21. The minimum Gasteiger partial charge on any atom is -0.376 e. The Morgan fingerprint density at radius 1 is 0.458 bits per heavy atom. The molecule has 6 heteroatoms. The molecule has 0 spiro atoms. The number of fused-ring (bicyclic) bond motifs is 2. The molecule has 0 saturated heterocycles. The van der Waals surface area contributed by atoms with Crippen LogP contribution in [-0.4, -0.2) is 23.9 Å². The van der Waals surface area contributed by atoms with E-state index in [-0.39, 0.29) is 42.1 Å². The maximum atomic E-state index is 3.67. The molecule has 0 atom stereocenters. The minimum atomic E-state index is 0. The predicted octanol–water partition coefficient (Wildman–Crippen LogP) is 13.7. The molecular weight excluding hydrogens is 928 g/mol. The second-order valence-corrected chi connectivity index (χ2v) is 9.34. The Morgan fingerprint density at radius 2 is 0.750 bits per heavy atom. The fourth-order valence-corrected chi connectivity index (χ4v) is 3.41. The van der Waals surface area contributed by atoms with Crippen molar-refractivity contribution in [2.45, 2.75) is 125 Å². The monoisotopic (exact) mass is 994 g/mol. The Bertz CT molecular complexity index is 1310. The van der Waals surface area contributed by atoms with Crippen LogP contribution in [0.2, 0.25) is 0 Å². The molecule has 0 amide bonds. The van der Waals surface area contributed by atoms with Crippen LogP contribution in [0.25, 0.3) is 21.5 Å². The summed E-state index contributed by atoms with van der Waals surface area (Å²) in [4.78, 5) is 0. The van der Waals surface area contributed by atoms with Gasteiger partial charge < -0.3 is 22.6 Å². The van der Waals surface area contributed by atoms with Gasteiger partial charge in [0.25, 0.3) is 0 Å². The van der Waals surface area contributed by atoms with Crippen molar-refractivity contribution in [3.8, 4) is 0 Å². The molecule has 268 valence electrons. The molecule has 0 unspecified atom stereocenters. The van der Waals surface area contributed by atoms with Crippen molar-refractivity contribution in [3.05, 3.63) is 95.1 Å². The maximum Gasteiger partial charge on any atom is 0.0310 e. The van der Waals surface area contributed by atoms with Gasteiger partial charge in [-0.15, -0.1) is 0 Å². The van der Waals surface area contributed by atoms with Gasteiger partial charge in [0.1, 0.15) is 0 Å². The van der Waals surface area contributed by atoms with E-state index in [0.29, 0.717) is 0 Å². The van der Waals surface area contributed by atoms with E-state index in [1.165, 1.54) is 43.8 Å². The summed E-state index contributed by atoms with van der Waals surface area (Å²) in [5.41, 5.74) is 7.27. The van der Waals surface area contributed by atoms with Crippen molar-refractivity contribution in [1.29, 1.82) is 0 Å². The first-order valence-electron chi connectivity index (χ1n) is 16.8. The zero-order chi connectivity index (χ0) is 36.5. The summed E-state index contributed by atoms with van der Waals surface area (Å²) in [5.74, 6) is 0. The topological polar surface area (TPSA) is 49.4 Å². The third-order valence-electron chi connectivity index (χ3n) is 5.21. The first-order chi connectivity index (χ1) is 22.1. The van der Waals surface area contributed by atoms with E-state index in [0.717, 1.165) is 11.4 Å². The van der Waals surface area contributed by atoms with Gasteiger partial charge in [0.2, 0.25) is 0 Å². The van der Waals surface area contributed by atoms with Gasteiger partial charge in [0, 0.05) is 53.6 Å². The molecule has 0 aliphatic rings. The second-order valence-electron chi connectivity index (χ2n) is 9.34. The summed E-state index contributed by atoms with van der Waals surface area (Å²) < 4.78 is 0. The molecule has 4 rings (SSSR count). The van der Waals surface area contributed by atoms with Crippen LogP contribution in [0, 0.1) is 27.7 Å². The average molecular weight is 995 g/mol. The van der Waals surface area contributed by atoms with Gasteiger partial charge in [-0.2, -0.15) is 24.1 Å². The molecule has 0 aliphatic heterocycles. The number of aryl methyl sites for hydroxylation is 4. The van der Waals surface area contributed by atoms with Gasteiger partial charge in [-0.3, -0.25) is 0 Å². The largest absolute Gasteiger partial charge is 0.376 e. The summed E-state index contributed by atoms with van der Waals surface area (Å²) in [6.07, 6.45) is 5.07. The van der Waals surface area contributed by atoms with Crippen molar-refractivity contribution in [2.24, 2.45) is 20.4 Å². The SMILES string of the molecule is CC.CC.CC.CC.C[C-]=NN=C(C)C.C[C-]=NN=C(C)C.Cc1ccc2cc(C)ccc2c1.Cc1cccc2c(C)cccc12.[W].[W]. The Kier molecular flexibility index (Phi) is 48.8. The smallest absolute Gasteiger partial charge is 0.0310 e. The number of benzene rings is 4. The van der Waals surface area contributed by atoms with Crippen molar-refractivity contribution in [2.75, 3.05) is 0 Å². The Morgan fingerprint density at radius 3 is 0.979 bits per heavy atom. The van der Waals surface area contributed by atoms with Gasteiger partial charge in [-0.25, -0.2) is 0 Å². The van der Waals surface area contributed by atoms with Gasteiger partial charge in [-0.1, -0.05) is 139 Å². The minimum absolute atomic E-state index is 0.